The zero-order valence-corrected chi connectivity index (χ0v) is 8.29. The van der Waals surface area contributed by atoms with Crippen LogP contribution in [-0.2, 0) is 14.3 Å². The van der Waals surface area contributed by atoms with Gasteiger partial charge in [-0.1, -0.05) is 0 Å². The molecule has 0 radical (unpaired) electrons. The third kappa shape index (κ3) is 3.95. The standard InChI is InChI=1S/C8H12F3NO4/c9-8(10,11)6(13)3-12-7(14)5-4-15-1-2-16-5/h5-6,13H,1-4H2,(H,12,14). The Hall–Kier alpha value is -0.860. The topological polar surface area (TPSA) is 67.8 Å². The summed E-state index contributed by atoms with van der Waals surface area (Å²) in [5.41, 5.74) is 0. The molecule has 2 atom stereocenters. The molecule has 1 aliphatic rings. The van der Waals surface area contributed by atoms with E-state index in [4.69, 9.17) is 14.6 Å². The number of hydrogen-bond acceptors (Lipinski definition) is 4. The van der Waals surface area contributed by atoms with E-state index in [0.717, 1.165) is 0 Å². The van der Waals surface area contributed by atoms with Gasteiger partial charge in [-0.25, -0.2) is 0 Å². The van der Waals surface area contributed by atoms with Crippen molar-refractivity contribution in [2.75, 3.05) is 26.4 Å². The zero-order chi connectivity index (χ0) is 12.2. The van der Waals surface area contributed by atoms with Crippen LogP contribution < -0.4 is 5.32 Å². The van der Waals surface area contributed by atoms with E-state index in [0.29, 0.717) is 6.61 Å². The summed E-state index contributed by atoms with van der Waals surface area (Å²) < 4.78 is 45.5. The normalized spacial score (nSPS) is 23.9. The molecular weight excluding hydrogens is 231 g/mol. The summed E-state index contributed by atoms with van der Waals surface area (Å²) in [7, 11) is 0. The van der Waals surface area contributed by atoms with Crippen molar-refractivity contribution in [1.82, 2.24) is 5.32 Å². The second-order valence-electron chi connectivity index (χ2n) is 3.24. The lowest BCUT2D eigenvalue weighted by molar-refractivity contribution is -0.202. The Bertz CT molecular complexity index is 240. The summed E-state index contributed by atoms with van der Waals surface area (Å²) in [4.78, 5) is 11.2. The molecule has 0 spiro atoms. The highest BCUT2D eigenvalue weighted by atomic mass is 19.4. The van der Waals surface area contributed by atoms with Crippen LogP contribution in [0.2, 0.25) is 0 Å². The third-order valence-electron chi connectivity index (χ3n) is 1.96. The minimum atomic E-state index is -4.74. The van der Waals surface area contributed by atoms with Gasteiger partial charge in [0.25, 0.3) is 5.91 Å². The second kappa shape index (κ2) is 5.46. The van der Waals surface area contributed by atoms with E-state index < -0.39 is 30.8 Å². The predicted molar refractivity (Wildman–Crippen MR) is 45.6 cm³/mol. The predicted octanol–water partition coefficient (Wildman–Crippen LogP) is -0.559. The van der Waals surface area contributed by atoms with Gasteiger partial charge < -0.3 is 19.9 Å². The Morgan fingerprint density at radius 2 is 2.19 bits per heavy atom. The molecule has 0 saturated carbocycles. The first-order chi connectivity index (χ1) is 7.41. The Kier molecular flexibility index (Phi) is 4.51. The number of carbonyl (C=O) groups excluding carboxylic acids is 1. The van der Waals surface area contributed by atoms with Crippen molar-refractivity contribution >= 4 is 5.91 Å². The van der Waals surface area contributed by atoms with Gasteiger partial charge in [0.1, 0.15) is 0 Å². The lowest BCUT2D eigenvalue weighted by Crippen LogP contribution is -2.47. The minimum Gasteiger partial charge on any atom is -0.382 e. The average Bonchev–Trinajstić information content (AvgIpc) is 2.25. The number of halogens is 3. The van der Waals surface area contributed by atoms with Gasteiger partial charge in [0.2, 0.25) is 0 Å². The van der Waals surface area contributed by atoms with Crippen molar-refractivity contribution in [3.8, 4) is 0 Å². The van der Waals surface area contributed by atoms with Gasteiger partial charge in [0, 0.05) is 0 Å². The SMILES string of the molecule is O=C(NCC(O)C(F)(F)F)C1COCCO1. The average molecular weight is 243 g/mol. The number of hydrogen-bond donors (Lipinski definition) is 2. The molecule has 2 N–H and O–H groups in total. The molecule has 1 heterocycles. The first-order valence-corrected chi connectivity index (χ1v) is 4.63. The Morgan fingerprint density at radius 1 is 1.50 bits per heavy atom. The fourth-order valence-corrected chi connectivity index (χ4v) is 1.07. The largest absolute Gasteiger partial charge is 0.416 e. The fraction of sp³-hybridized carbons (Fsp3) is 0.875. The summed E-state index contributed by atoms with van der Waals surface area (Å²) in [5, 5.41) is 10.6. The van der Waals surface area contributed by atoms with Crippen LogP contribution in [0.1, 0.15) is 0 Å². The number of carbonyl (C=O) groups is 1. The van der Waals surface area contributed by atoms with Gasteiger partial charge in [-0.05, 0) is 0 Å². The molecular formula is C8H12F3NO4. The van der Waals surface area contributed by atoms with Gasteiger partial charge in [0.15, 0.2) is 12.2 Å². The van der Waals surface area contributed by atoms with Crippen LogP contribution in [0.25, 0.3) is 0 Å². The first-order valence-electron chi connectivity index (χ1n) is 4.63. The number of aliphatic hydroxyl groups excluding tert-OH is 1. The summed E-state index contributed by atoms with van der Waals surface area (Å²) in [6.45, 7) is -0.301. The molecule has 0 aromatic heterocycles. The van der Waals surface area contributed by atoms with Crippen molar-refractivity contribution in [1.29, 1.82) is 0 Å². The maximum absolute atomic E-state index is 11.9. The van der Waals surface area contributed by atoms with Gasteiger partial charge in [-0.3, -0.25) is 4.79 Å². The molecule has 0 bridgehead atoms. The highest BCUT2D eigenvalue weighted by Crippen LogP contribution is 2.19. The van der Waals surface area contributed by atoms with E-state index in [9.17, 15) is 18.0 Å². The number of aliphatic hydroxyl groups is 1. The Balaban J connectivity index is 2.29. The molecule has 94 valence electrons. The molecule has 1 amide bonds. The molecule has 1 saturated heterocycles. The molecule has 0 aromatic rings. The van der Waals surface area contributed by atoms with Gasteiger partial charge in [-0.15, -0.1) is 0 Å². The molecule has 1 rings (SSSR count). The number of alkyl halides is 3. The number of amides is 1. The number of nitrogens with one attached hydrogen (secondary N) is 1. The van der Waals surface area contributed by atoms with Crippen LogP contribution in [0.5, 0.6) is 0 Å². The second-order valence-corrected chi connectivity index (χ2v) is 3.24. The third-order valence-corrected chi connectivity index (χ3v) is 1.96. The lowest BCUT2D eigenvalue weighted by atomic mass is 10.3. The van der Waals surface area contributed by atoms with E-state index >= 15 is 0 Å². The summed E-state index contributed by atoms with van der Waals surface area (Å²) in [6.07, 6.45) is -8.22. The lowest BCUT2D eigenvalue weighted by Gasteiger charge is -2.23. The molecule has 16 heavy (non-hydrogen) atoms. The molecule has 0 aliphatic carbocycles. The van der Waals surface area contributed by atoms with Crippen molar-refractivity contribution in [2.24, 2.45) is 0 Å². The van der Waals surface area contributed by atoms with E-state index in [1.807, 2.05) is 5.32 Å². The smallest absolute Gasteiger partial charge is 0.382 e. The zero-order valence-electron chi connectivity index (χ0n) is 8.29. The van der Waals surface area contributed by atoms with Gasteiger partial charge in [0.05, 0.1) is 26.4 Å². The fourth-order valence-electron chi connectivity index (χ4n) is 1.07. The van der Waals surface area contributed by atoms with Crippen LogP contribution in [0.4, 0.5) is 13.2 Å². The first kappa shape index (κ1) is 13.2. The van der Waals surface area contributed by atoms with Crippen LogP contribution in [0, 0.1) is 0 Å². The number of rotatable bonds is 3. The van der Waals surface area contributed by atoms with Gasteiger partial charge >= 0.3 is 6.18 Å². The van der Waals surface area contributed by atoms with Gasteiger partial charge in [-0.2, -0.15) is 13.2 Å². The molecule has 1 aliphatic heterocycles. The highest BCUT2D eigenvalue weighted by Gasteiger charge is 2.38. The maximum Gasteiger partial charge on any atom is 0.416 e. The Morgan fingerprint density at radius 3 is 2.69 bits per heavy atom. The van der Waals surface area contributed by atoms with E-state index in [2.05, 4.69) is 0 Å². The maximum atomic E-state index is 11.9. The molecule has 1 fully saturated rings. The summed E-state index contributed by atoms with van der Waals surface area (Å²) >= 11 is 0. The highest BCUT2D eigenvalue weighted by molar-refractivity contribution is 5.81. The van der Waals surface area contributed by atoms with Crippen molar-refractivity contribution in [3.05, 3.63) is 0 Å². The van der Waals surface area contributed by atoms with Crippen molar-refractivity contribution in [2.45, 2.75) is 18.4 Å². The van der Waals surface area contributed by atoms with Crippen LogP contribution in [-0.4, -0.2) is 55.8 Å². The summed E-state index contributed by atoms with van der Waals surface area (Å²) in [6, 6.07) is 0. The monoisotopic (exact) mass is 243 g/mol. The Labute approximate surface area is 89.5 Å². The van der Waals surface area contributed by atoms with E-state index in [1.165, 1.54) is 0 Å². The molecule has 0 aromatic carbocycles. The van der Waals surface area contributed by atoms with Crippen molar-refractivity contribution in [3.63, 3.8) is 0 Å². The van der Waals surface area contributed by atoms with Crippen molar-refractivity contribution < 1.29 is 32.5 Å². The van der Waals surface area contributed by atoms with Crippen LogP contribution >= 0.6 is 0 Å². The van der Waals surface area contributed by atoms with Crippen LogP contribution in [0.15, 0.2) is 0 Å². The molecule has 2 unspecified atom stereocenters. The number of ether oxygens (including phenoxy) is 2. The summed E-state index contributed by atoms with van der Waals surface area (Å²) in [5.74, 6) is -0.719. The minimum absolute atomic E-state index is 0.00788. The molecule has 5 nitrogen and oxygen atoms in total. The van der Waals surface area contributed by atoms with Crippen LogP contribution in [0.3, 0.4) is 0 Å². The quantitative estimate of drug-likeness (QED) is 0.697. The van der Waals surface area contributed by atoms with E-state index in [1.54, 1.807) is 0 Å². The van der Waals surface area contributed by atoms with E-state index in [-0.39, 0.29) is 13.2 Å². The molecule has 8 heteroatoms.